The first kappa shape index (κ1) is 13.1. The molecular weight excluding hydrogens is 274 g/mol. The molecule has 0 bridgehead atoms. The molecule has 1 aromatic rings. The van der Waals surface area contributed by atoms with Crippen molar-refractivity contribution in [3.8, 4) is 0 Å². The van der Waals surface area contributed by atoms with E-state index in [1.165, 1.54) is 42.5 Å². The fraction of sp³-hybridized carbons (Fsp3) is 0.600. The van der Waals surface area contributed by atoms with Crippen LogP contribution in [0.3, 0.4) is 0 Å². The second-order valence-electron chi connectivity index (χ2n) is 5.25. The Hall–Kier alpha value is -0.340. The van der Waals surface area contributed by atoms with Crippen molar-refractivity contribution in [3.63, 3.8) is 0 Å². The largest absolute Gasteiger partial charge is 0.302 e. The Balaban J connectivity index is 2.28. The third-order valence-corrected chi connectivity index (χ3v) is 4.57. The third kappa shape index (κ3) is 2.92. The Morgan fingerprint density at radius 3 is 2.88 bits per heavy atom. The highest BCUT2D eigenvalue weighted by atomic mass is 79.9. The molecule has 1 aliphatic heterocycles. The average molecular weight is 296 g/mol. The summed E-state index contributed by atoms with van der Waals surface area (Å²) in [7, 11) is 0. The van der Waals surface area contributed by atoms with Gasteiger partial charge in [0.15, 0.2) is 0 Å². The van der Waals surface area contributed by atoms with E-state index in [2.05, 4.69) is 53.7 Å². The Morgan fingerprint density at radius 1 is 1.41 bits per heavy atom. The van der Waals surface area contributed by atoms with Crippen molar-refractivity contribution < 1.29 is 0 Å². The van der Waals surface area contributed by atoms with Crippen LogP contribution in [0.15, 0.2) is 16.6 Å². The smallest absolute Gasteiger partial charge is 0.0207 e. The van der Waals surface area contributed by atoms with Crippen LogP contribution in [-0.4, -0.2) is 24.5 Å². The van der Waals surface area contributed by atoms with Crippen molar-refractivity contribution in [2.75, 3.05) is 19.6 Å². The van der Waals surface area contributed by atoms with E-state index in [0.717, 1.165) is 0 Å². The zero-order valence-corrected chi connectivity index (χ0v) is 12.7. The minimum absolute atomic E-state index is 0.649. The summed E-state index contributed by atoms with van der Waals surface area (Å²) in [5.74, 6) is 0.649. The van der Waals surface area contributed by atoms with Crippen LogP contribution in [0.2, 0.25) is 0 Å². The van der Waals surface area contributed by atoms with E-state index in [4.69, 9.17) is 0 Å². The standard InChI is InChI=1S/C15H22BrN/c1-4-6-17-7-5-13-8-11(2)15(16)9-14(13)12(3)10-17/h8-9,12H,4-7,10H2,1-3H3. The summed E-state index contributed by atoms with van der Waals surface area (Å²) in [4.78, 5) is 2.61. The number of hydrogen-bond donors (Lipinski definition) is 0. The molecule has 2 heteroatoms. The number of rotatable bonds is 2. The predicted octanol–water partition coefficient (Wildman–Crippen LogP) is 4.13. The molecule has 17 heavy (non-hydrogen) atoms. The molecule has 0 amide bonds. The zero-order chi connectivity index (χ0) is 12.4. The fourth-order valence-corrected chi connectivity index (χ4v) is 3.17. The molecule has 0 saturated carbocycles. The number of aryl methyl sites for hydroxylation is 1. The number of benzene rings is 1. The first-order chi connectivity index (χ1) is 8.11. The van der Waals surface area contributed by atoms with Crippen molar-refractivity contribution in [3.05, 3.63) is 33.3 Å². The van der Waals surface area contributed by atoms with Crippen LogP contribution >= 0.6 is 15.9 Å². The fourth-order valence-electron chi connectivity index (χ4n) is 2.81. The van der Waals surface area contributed by atoms with Gasteiger partial charge < -0.3 is 4.90 Å². The van der Waals surface area contributed by atoms with Gasteiger partial charge in [-0.15, -0.1) is 0 Å². The molecule has 1 atom stereocenters. The predicted molar refractivity (Wildman–Crippen MR) is 77.7 cm³/mol. The molecule has 1 nitrogen and oxygen atoms in total. The van der Waals surface area contributed by atoms with Crippen LogP contribution in [-0.2, 0) is 6.42 Å². The van der Waals surface area contributed by atoms with E-state index in [0.29, 0.717) is 5.92 Å². The second kappa shape index (κ2) is 5.53. The van der Waals surface area contributed by atoms with Gasteiger partial charge in [-0.05, 0) is 55.0 Å². The summed E-state index contributed by atoms with van der Waals surface area (Å²) in [6.45, 7) is 10.5. The molecule has 0 aliphatic carbocycles. The molecule has 2 rings (SSSR count). The zero-order valence-electron chi connectivity index (χ0n) is 11.1. The number of hydrogen-bond acceptors (Lipinski definition) is 1. The molecule has 0 spiro atoms. The molecule has 1 aromatic carbocycles. The third-order valence-electron chi connectivity index (χ3n) is 3.72. The van der Waals surface area contributed by atoms with Gasteiger partial charge in [-0.1, -0.05) is 35.8 Å². The SMILES string of the molecule is CCCN1CCc2cc(C)c(Br)cc2C(C)C1. The van der Waals surface area contributed by atoms with Crippen LogP contribution in [0.4, 0.5) is 0 Å². The van der Waals surface area contributed by atoms with E-state index < -0.39 is 0 Å². The molecule has 1 heterocycles. The lowest BCUT2D eigenvalue weighted by Crippen LogP contribution is -2.28. The van der Waals surface area contributed by atoms with Gasteiger partial charge in [0.05, 0.1) is 0 Å². The van der Waals surface area contributed by atoms with E-state index in [9.17, 15) is 0 Å². The van der Waals surface area contributed by atoms with Crippen LogP contribution in [0.5, 0.6) is 0 Å². The van der Waals surface area contributed by atoms with Crippen LogP contribution in [0.25, 0.3) is 0 Å². The molecule has 0 radical (unpaired) electrons. The van der Waals surface area contributed by atoms with Gasteiger partial charge in [-0.25, -0.2) is 0 Å². The molecule has 0 N–H and O–H groups in total. The topological polar surface area (TPSA) is 3.24 Å². The maximum atomic E-state index is 3.66. The summed E-state index contributed by atoms with van der Waals surface area (Å²) in [5, 5.41) is 0. The average Bonchev–Trinajstić information content (AvgIpc) is 2.42. The van der Waals surface area contributed by atoms with Crippen LogP contribution < -0.4 is 0 Å². The van der Waals surface area contributed by atoms with Gasteiger partial charge in [-0.3, -0.25) is 0 Å². The lowest BCUT2D eigenvalue weighted by atomic mass is 9.94. The van der Waals surface area contributed by atoms with E-state index >= 15 is 0 Å². The van der Waals surface area contributed by atoms with Crippen LogP contribution in [0.1, 0.15) is 42.9 Å². The molecule has 94 valence electrons. The van der Waals surface area contributed by atoms with Crippen molar-refractivity contribution in [2.24, 2.45) is 0 Å². The Labute approximate surface area is 113 Å². The van der Waals surface area contributed by atoms with Gasteiger partial charge in [0.25, 0.3) is 0 Å². The first-order valence-corrected chi connectivity index (χ1v) is 7.42. The monoisotopic (exact) mass is 295 g/mol. The summed E-state index contributed by atoms with van der Waals surface area (Å²) >= 11 is 3.66. The number of fused-ring (bicyclic) bond motifs is 1. The molecule has 0 fully saturated rings. The van der Waals surface area contributed by atoms with Gasteiger partial charge >= 0.3 is 0 Å². The highest BCUT2D eigenvalue weighted by Crippen LogP contribution is 2.30. The summed E-state index contributed by atoms with van der Waals surface area (Å²) < 4.78 is 1.26. The summed E-state index contributed by atoms with van der Waals surface area (Å²) in [6, 6.07) is 4.70. The van der Waals surface area contributed by atoms with Crippen molar-refractivity contribution in [1.82, 2.24) is 4.90 Å². The first-order valence-electron chi connectivity index (χ1n) is 6.63. The van der Waals surface area contributed by atoms with E-state index in [1.54, 1.807) is 11.1 Å². The number of nitrogens with zero attached hydrogens (tertiary/aromatic N) is 1. The Bertz CT molecular complexity index is 400. The quantitative estimate of drug-likeness (QED) is 0.793. The summed E-state index contributed by atoms with van der Waals surface area (Å²) in [5.41, 5.74) is 4.46. The van der Waals surface area contributed by atoms with Crippen molar-refractivity contribution in [2.45, 2.75) is 39.5 Å². The molecule has 0 aromatic heterocycles. The van der Waals surface area contributed by atoms with Gasteiger partial charge in [0.2, 0.25) is 0 Å². The van der Waals surface area contributed by atoms with Crippen LogP contribution in [0, 0.1) is 6.92 Å². The number of halogens is 1. The molecule has 1 aliphatic rings. The molecular formula is C15H22BrN. The maximum absolute atomic E-state index is 3.66. The summed E-state index contributed by atoms with van der Waals surface area (Å²) in [6.07, 6.45) is 2.46. The molecule has 0 saturated heterocycles. The normalized spacial score (nSPS) is 21.1. The van der Waals surface area contributed by atoms with Crippen molar-refractivity contribution >= 4 is 15.9 Å². The van der Waals surface area contributed by atoms with Gasteiger partial charge in [0.1, 0.15) is 0 Å². The highest BCUT2D eigenvalue weighted by molar-refractivity contribution is 9.10. The Morgan fingerprint density at radius 2 is 2.18 bits per heavy atom. The van der Waals surface area contributed by atoms with Gasteiger partial charge in [0, 0.05) is 17.6 Å². The molecule has 1 unspecified atom stereocenters. The van der Waals surface area contributed by atoms with E-state index in [1.807, 2.05) is 0 Å². The second-order valence-corrected chi connectivity index (χ2v) is 6.11. The minimum atomic E-state index is 0.649. The lowest BCUT2D eigenvalue weighted by molar-refractivity contribution is 0.273. The lowest BCUT2D eigenvalue weighted by Gasteiger charge is -2.21. The van der Waals surface area contributed by atoms with Gasteiger partial charge in [-0.2, -0.15) is 0 Å². The maximum Gasteiger partial charge on any atom is 0.0207 e. The van der Waals surface area contributed by atoms with Crippen molar-refractivity contribution in [1.29, 1.82) is 0 Å². The highest BCUT2D eigenvalue weighted by Gasteiger charge is 2.20. The minimum Gasteiger partial charge on any atom is -0.302 e. The Kier molecular flexibility index (Phi) is 4.26. The van der Waals surface area contributed by atoms with E-state index in [-0.39, 0.29) is 0 Å².